The number of likely N-dealkylation sites (tertiary alicyclic amines) is 1. The number of hydrogen-bond donors (Lipinski definition) is 1. The molecule has 1 aliphatic heterocycles. The standard InChI is InChI=1S/C20H28N2O2/c1-14(22-11-10-16-6-3-4-7-18(16)13-22)20(24)21-19-9-5-8-17(12-19)15(2)23/h5,8-9,12,14,16,18H,3-4,6-7,10-11,13H2,1-2H3,(H,21,24)/t14-,16-,18+/m0/s1. The Balaban J connectivity index is 1.60. The third-order valence-corrected chi connectivity index (χ3v) is 5.79. The lowest BCUT2D eigenvalue weighted by Crippen LogP contribution is -2.49. The van der Waals surface area contributed by atoms with Crippen molar-refractivity contribution in [1.29, 1.82) is 0 Å². The summed E-state index contributed by atoms with van der Waals surface area (Å²) in [7, 11) is 0. The van der Waals surface area contributed by atoms with Crippen molar-refractivity contribution < 1.29 is 9.59 Å². The van der Waals surface area contributed by atoms with Gasteiger partial charge >= 0.3 is 0 Å². The summed E-state index contributed by atoms with van der Waals surface area (Å²) in [6, 6.07) is 7.04. The number of piperidine rings is 1. The fraction of sp³-hybridized carbons (Fsp3) is 0.600. The molecule has 2 aliphatic rings. The summed E-state index contributed by atoms with van der Waals surface area (Å²) < 4.78 is 0. The Morgan fingerprint density at radius 1 is 1.17 bits per heavy atom. The van der Waals surface area contributed by atoms with Gasteiger partial charge in [-0.2, -0.15) is 0 Å². The minimum Gasteiger partial charge on any atom is -0.325 e. The number of carbonyl (C=O) groups excluding carboxylic acids is 2. The van der Waals surface area contributed by atoms with Crippen LogP contribution in [0.2, 0.25) is 0 Å². The minimum absolute atomic E-state index is 0.0125. The molecule has 0 aromatic heterocycles. The van der Waals surface area contributed by atoms with Crippen LogP contribution in [0.1, 0.15) is 56.3 Å². The highest BCUT2D eigenvalue weighted by molar-refractivity contribution is 5.98. The average Bonchev–Trinajstić information content (AvgIpc) is 2.60. The molecule has 4 heteroatoms. The van der Waals surface area contributed by atoms with Crippen LogP contribution in [-0.4, -0.2) is 35.7 Å². The Kier molecular flexibility index (Phi) is 5.34. The lowest BCUT2D eigenvalue weighted by Gasteiger charge is -2.43. The van der Waals surface area contributed by atoms with E-state index in [0.717, 1.165) is 24.9 Å². The van der Waals surface area contributed by atoms with E-state index in [1.165, 1.54) is 39.0 Å². The van der Waals surface area contributed by atoms with Crippen LogP contribution in [0.4, 0.5) is 5.69 Å². The van der Waals surface area contributed by atoms with Gasteiger partial charge in [-0.25, -0.2) is 0 Å². The first-order valence-electron chi connectivity index (χ1n) is 9.20. The first-order chi connectivity index (χ1) is 11.5. The highest BCUT2D eigenvalue weighted by atomic mass is 16.2. The number of carbonyl (C=O) groups is 2. The number of hydrogen-bond acceptors (Lipinski definition) is 3. The molecule has 1 heterocycles. The third kappa shape index (κ3) is 3.86. The van der Waals surface area contributed by atoms with Gasteiger partial charge in [0.2, 0.25) is 5.91 Å². The quantitative estimate of drug-likeness (QED) is 0.857. The Morgan fingerprint density at radius 3 is 2.67 bits per heavy atom. The van der Waals surface area contributed by atoms with Gasteiger partial charge in [0, 0.05) is 17.8 Å². The maximum Gasteiger partial charge on any atom is 0.241 e. The summed E-state index contributed by atoms with van der Waals surface area (Å²) in [5, 5.41) is 2.97. The number of Topliss-reactive ketones (excluding diaryl/α,β-unsaturated/α-hetero) is 1. The van der Waals surface area contributed by atoms with E-state index < -0.39 is 0 Å². The summed E-state index contributed by atoms with van der Waals surface area (Å²) in [4.78, 5) is 26.4. The molecule has 0 spiro atoms. The lowest BCUT2D eigenvalue weighted by atomic mass is 9.75. The van der Waals surface area contributed by atoms with Crippen LogP contribution in [0.25, 0.3) is 0 Å². The molecule has 1 amide bonds. The minimum atomic E-state index is -0.131. The van der Waals surface area contributed by atoms with E-state index in [2.05, 4.69) is 10.2 Å². The number of anilines is 1. The summed E-state index contributed by atoms with van der Waals surface area (Å²) in [6.45, 7) is 5.60. The van der Waals surface area contributed by atoms with Gasteiger partial charge in [0.05, 0.1) is 6.04 Å². The van der Waals surface area contributed by atoms with Crippen molar-refractivity contribution in [2.45, 2.75) is 52.0 Å². The van der Waals surface area contributed by atoms with Crippen molar-refractivity contribution in [2.75, 3.05) is 18.4 Å². The van der Waals surface area contributed by atoms with Crippen molar-refractivity contribution in [2.24, 2.45) is 11.8 Å². The van der Waals surface area contributed by atoms with E-state index in [-0.39, 0.29) is 17.7 Å². The molecular weight excluding hydrogens is 300 g/mol. The normalized spacial score (nSPS) is 25.6. The molecule has 1 aromatic carbocycles. The van der Waals surface area contributed by atoms with Crippen LogP contribution in [-0.2, 0) is 4.79 Å². The molecular formula is C20H28N2O2. The highest BCUT2D eigenvalue weighted by Gasteiger charge is 2.34. The zero-order valence-electron chi connectivity index (χ0n) is 14.8. The summed E-state index contributed by atoms with van der Waals surface area (Å²) in [5.41, 5.74) is 1.33. The first-order valence-corrected chi connectivity index (χ1v) is 9.20. The Labute approximate surface area is 144 Å². The van der Waals surface area contributed by atoms with Crippen molar-refractivity contribution in [3.63, 3.8) is 0 Å². The molecule has 3 atom stereocenters. The predicted molar refractivity (Wildman–Crippen MR) is 96.2 cm³/mol. The van der Waals surface area contributed by atoms with Gasteiger partial charge in [-0.05, 0) is 57.2 Å². The van der Waals surface area contributed by atoms with Crippen LogP contribution in [0.15, 0.2) is 24.3 Å². The van der Waals surface area contributed by atoms with Gasteiger partial charge in [-0.1, -0.05) is 31.4 Å². The molecule has 0 radical (unpaired) electrons. The zero-order chi connectivity index (χ0) is 17.1. The van der Waals surface area contributed by atoms with E-state index >= 15 is 0 Å². The maximum absolute atomic E-state index is 12.6. The van der Waals surface area contributed by atoms with Crippen molar-refractivity contribution in [1.82, 2.24) is 4.90 Å². The third-order valence-electron chi connectivity index (χ3n) is 5.79. The molecule has 3 rings (SSSR count). The van der Waals surface area contributed by atoms with Crippen LogP contribution < -0.4 is 5.32 Å². The number of ketones is 1. The average molecular weight is 328 g/mol. The first kappa shape index (κ1) is 17.2. The van der Waals surface area contributed by atoms with Crippen LogP contribution in [0.5, 0.6) is 0 Å². The second-order valence-electron chi connectivity index (χ2n) is 7.39. The van der Waals surface area contributed by atoms with Crippen molar-refractivity contribution in [3.05, 3.63) is 29.8 Å². The summed E-state index contributed by atoms with van der Waals surface area (Å²) in [5.74, 6) is 1.67. The van der Waals surface area contributed by atoms with Gasteiger partial charge in [-0.3, -0.25) is 14.5 Å². The Hall–Kier alpha value is -1.68. The topological polar surface area (TPSA) is 49.4 Å². The molecule has 1 aromatic rings. The smallest absolute Gasteiger partial charge is 0.241 e. The Bertz CT molecular complexity index is 613. The van der Waals surface area contributed by atoms with E-state index in [0.29, 0.717) is 11.3 Å². The number of nitrogens with one attached hydrogen (secondary N) is 1. The second-order valence-corrected chi connectivity index (χ2v) is 7.39. The fourth-order valence-electron chi connectivity index (χ4n) is 4.21. The molecule has 2 fully saturated rings. The number of nitrogens with zero attached hydrogens (tertiary/aromatic N) is 1. The molecule has 1 aliphatic carbocycles. The van der Waals surface area contributed by atoms with E-state index in [4.69, 9.17) is 0 Å². The number of rotatable bonds is 4. The molecule has 0 bridgehead atoms. The predicted octanol–water partition coefficient (Wildman–Crippen LogP) is 3.73. The zero-order valence-corrected chi connectivity index (χ0v) is 14.8. The molecule has 0 unspecified atom stereocenters. The second kappa shape index (κ2) is 7.47. The molecule has 24 heavy (non-hydrogen) atoms. The molecule has 1 N–H and O–H groups in total. The number of amides is 1. The Morgan fingerprint density at radius 2 is 1.92 bits per heavy atom. The monoisotopic (exact) mass is 328 g/mol. The van der Waals surface area contributed by atoms with Crippen LogP contribution >= 0.6 is 0 Å². The van der Waals surface area contributed by atoms with Gasteiger partial charge in [0.15, 0.2) is 5.78 Å². The molecule has 1 saturated carbocycles. The number of benzene rings is 1. The summed E-state index contributed by atoms with van der Waals surface area (Å²) >= 11 is 0. The van der Waals surface area contributed by atoms with Gasteiger partial charge in [-0.15, -0.1) is 0 Å². The van der Waals surface area contributed by atoms with Crippen LogP contribution in [0.3, 0.4) is 0 Å². The van der Waals surface area contributed by atoms with E-state index in [1.54, 1.807) is 12.1 Å². The SMILES string of the molecule is CC(=O)c1cccc(NC(=O)[C@H](C)N2CC[C@@H]3CCCC[C@@H]3C2)c1. The van der Waals surface area contributed by atoms with Gasteiger partial charge in [0.25, 0.3) is 0 Å². The van der Waals surface area contributed by atoms with E-state index in [1.807, 2.05) is 19.1 Å². The fourth-order valence-corrected chi connectivity index (χ4v) is 4.21. The maximum atomic E-state index is 12.6. The van der Waals surface area contributed by atoms with Crippen molar-refractivity contribution >= 4 is 17.4 Å². The van der Waals surface area contributed by atoms with E-state index in [9.17, 15) is 9.59 Å². The van der Waals surface area contributed by atoms with Gasteiger partial charge < -0.3 is 5.32 Å². The summed E-state index contributed by atoms with van der Waals surface area (Å²) in [6.07, 6.45) is 6.63. The molecule has 4 nitrogen and oxygen atoms in total. The van der Waals surface area contributed by atoms with Crippen molar-refractivity contribution in [3.8, 4) is 0 Å². The van der Waals surface area contributed by atoms with Gasteiger partial charge in [0.1, 0.15) is 0 Å². The highest BCUT2D eigenvalue weighted by Crippen LogP contribution is 2.36. The van der Waals surface area contributed by atoms with Crippen LogP contribution in [0, 0.1) is 11.8 Å². The lowest BCUT2D eigenvalue weighted by molar-refractivity contribution is -0.122. The largest absolute Gasteiger partial charge is 0.325 e. The molecule has 130 valence electrons. The number of fused-ring (bicyclic) bond motifs is 1. The molecule has 1 saturated heterocycles.